The molecule has 1 unspecified atom stereocenters. The molecule has 0 aliphatic rings. The number of nitrogens with one attached hydrogen (secondary N) is 1. The molecule has 0 aliphatic heterocycles. The second kappa shape index (κ2) is 10.6. The van der Waals surface area contributed by atoms with Crippen LogP contribution >= 0.6 is 28.3 Å². The highest BCUT2D eigenvalue weighted by Crippen LogP contribution is 2.19. The van der Waals surface area contributed by atoms with Crippen LogP contribution in [0, 0.1) is 6.92 Å². The first-order valence-corrected chi connectivity index (χ1v) is 7.69. The fraction of sp³-hybridized carbons (Fsp3) is 0.467. The molecule has 0 heterocycles. The number of rotatable bonds is 7. The average Bonchev–Trinajstić information content (AvgIpc) is 2.47. The van der Waals surface area contributed by atoms with Crippen molar-refractivity contribution in [3.63, 3.8) is 0 Å². The zero-order valence-electron chi connectivity index (χ0n) is 13.5. The van der Waals surface area contributed by atoms with Crippen molar-refractivity contribution in [3.05, 3.63) is 28.2 Å². The Morgan fingerprint density at radius 3 is 2.61 bits per heavy atom. The molecule has 0 fully saturated rings. The molecule has 0 radical (unpaired) electrons. The normalized spacial score (nSPS) is 11.3. The number of carbonyl (C=O) groups excluding carboxylic acids is 2. The molecule has 8 heteroatoms. The lowest BCUT2D eigenvalue weighted by molar-refractivity contribution is -0.135. The first-order chi connectivity index (χ1) is 10.4. The number of carbonyl (C=O) groups is 2. The van der Waals surface area contributed by atoms with Crippen LogP contribution in [-0.4, -0.2) is 50.1 Å². The predicted octanol–water partition coefficient (Wildman–Crippen LogP) is 1.94. The summed E-state index contributed by atoms with van der Waals surface area (Å²) >= 11 is 3.37. The lowest BCUT2D eigenvalue weighted by atomic mass is 10.2. The van der Waals surface area contributed by atoms with Crippen LogP contribution in [0.1, 0.15) is 12.0 Å². The number of benzene rings is 1. The van der Waals surface area contributed by atoms with Crippen molar-refractivity contribution in [3.8, 4) is 0 Å². The van der Waals surface area contributed by atoms with Crippen LogP contribution < -0.4 is 11.1 Å². The van der Waals surface area contributed by atoms with Gasteiger partial charge in [-0.3, -0.25) is 9.59 Å². The van der Waals surface area contributed by atoms with E-state index in [-0.39, 0.29) is 49.8 Å². The van der Waals surface area contributed by atoms with Gasteiger partial charge in [-0.15, -0.1) is 12.4 Å². The standard InChI is InChI=1S/C15H22BrN3O3.ClH/c1-10-6-11(16)4-5-13(10)18-14(20)9-19(2)15(21)7-12(8-17)22-3;/h4-6,12H,7-9,17H2,1-3H3,(H,18,20);1H. The molecule has 0 aliphatic carbocycles. The number of hydrogen-bond acceptors (Lipinski definition) is 4. The molecule has 1 atom stereocenters. The third-order valence-electron chi connectivity index (χ3n) is 3.27. The second-order valence-electron chi connectivity index (χ2n) is 5.05. The molecule has 1 aromatic carbocycles. The Kier molecular flexibility index (Phi) is 10.1. The Hall–Kier alpha value is -1.15. The van der Waals surface area contributed by atoms with Gasteiger partial charge in [0.1, 0.15) is 0 Å². The monoisotopic (exact) mass is 407 g/mol. The summed E-state index contributed by atoms with van der Waals surface area (Å²) in [6, 6.07) is 5.57. The third-order valence-corrected chi connectivity index (χ3v) is 3.76. The zero-order chi connectivity index (χ0) is 16.7. The number of nitrogens with zero attached hydrogens (tertiary/aromatic N) is 1. The van der Waals surface area contributed by atoms with Crippen molar-refractivity contribution in [2.45, 2.75) is 19.4 Å². The Balaban J connectivity index is 0.00000484. The van der Waals surface area contributed by atoms with E-state index < -0.39 is 0 Å². The van der Waals surface area contributed by atoms with Gasteiger partial charge in [0.25, 0.3) is 0 Å². The van der Waals surface area contributed by atoms with E-state index in [0.29, 0.717) is 0 Å². The molecule has 0 bridgehead atoms. The van der Waals surface area contributed by atoms with Crippen LogP contribution in [0.4, 0.5) is 5.69 Å². The number of methoxy groups -OCH3 is 1. The molecule has 130 valence electrons. The smallest absolute Gasteiger partial charge is 0.243 e. The molecule has 1 aromatic rings. The minimum atomic E-state index is -0.327. The van der Waals surface area contributed by atoms with Crippen molar-refractivity contribution in [1.29, 1.82) is 0 Å². The SMILES string of the molecule is COC(CN)CC(=O)N(C)CC(=O)Nc1ccc(Br)cc1C.Cl. The number of halogens is 2. The summed E-state index contributed by atoms with van der Waals surface area (Å²) in [6.45, 7) is 2.15. The minimum Gasteiger partial charge on any atom is -0.380 e. The van der Waals surface area contributed by atoms with E-state index in [4.69, 9.17) is 10.5 Å². The highest BCUT2D eigenvalue weighted by atomic mass is 79.9. The molecule has 0 saturated carbocycles. The predicted molar refractivity (Wildman–Crippen MR) is 96.9 cm³/mol. The van der Waals surface area contributed by atoms with Gasteiger partial charge in [0.05, 0.1) is 19.1 Å². The van der Waals surface area contributed by atoms with E-state index in [1.165, 1.54) is 12.0 Å². The molecular weight excluding hydrogens is 386 g/mol. The minimum absolute atomic E-state index is 0. The van der Waals surface area contributed by atoms with Crippen LogP contribution in [-0.2, 0) is 14.3 Å². The Labute approximate surface area is 151 Å². The van der Waals surface area contributed by atoms with Crippen molar-refractivity contribution in [1.82, 2.24) is 4.90 Å². The molecule has 6 nitrogen and oxygen atoms in total. The molecule has 23 heavy (non-hydrogen) atoms. The molecular formula is C15H23BrClN3O3. The van der Waals surface area contributed by atoms with E-state index >= 15 is 0 Å². The van der Waals surface area contributed by atoms with E-state index in [2.05, 4.69) is 21.2 Å². The first kappa shape index (κ1) is 21.9. The zero-order valence-corrected chi connectivity index (χ0v) is 15.9. The maximum absolute atomic E-state index is 12.0. The van der Waals surface area contributed by atoms with Gasteiger partial charge in [0.15, 0.2) is 0 Å². The van der Waals surface area contributed by atoms with Crippen LogP contribution in [0.15, 0.2) is 22.7 Å². The molecule has 2 amide bonds. The molecule has 0 aromatic heterocycles. The number of ether oxygens (including phenoxy) is 1. The molecule has 0 saturated heterocycles. The number of amides is 2. The van der Waals surface area contributed by atoms with Gasteiger partial charge in [0.2, 0.25) is 11.8 Å². The van der Waals surface area contributed by atoms with Gasteiger partial charge < -0.3 is 20.7 Å². The van der Waals surface area contributed by atoms with Gasteiger partial charge in [-0.1, -0.05) is 15.9 Å². The summed E-state index contributed by atoms with van der Waals surface area (Å²) in [4.78, 5) is 25.4. The van der Waals surface area contributed by atoms with E-state index in [1.807, 2.05) is 25.1 Å². The lowest BCUT2D eigenvalue weighted by Crippen LogP contribution is -2.38. The Morgan fingerprint density at radius 1 is 1.43 bits per heavy atom. The number of aryl methyl sites for hydroxylation is 1. The highest BCUT2D eigenvalue weighted by molar-refractivity contribution is 9.10. The number of hydrogen-bond donors (Lipinski definition) is 2. The summed E-state index contributed by atoms with van der Waals surface area (Å²) in [7, 11) is 3.09. The average molecular weight is 409 g/mol. The van der Waals surface area contributed by atoms with Crippen LogP contribution in [0.2, 0.25) is 0 Å². The first-order valence-electron chi connectivity index (χ1n) is 6.90. The Bertz CT molecular complexity index is 539. The molecule has 0 spiro atoms. The topological polar surface area (TPSA) is 84.7 Å². The van der Waals surface area contributed by atoms with Crippen molar-refractivity contribution in [2.75, 3.05) is 32.6 Å². The van der Waals surface area contributed by atoms with Crippen LogP contribution in [0.5, 0.6) is 0 Å². The Morgan fingerprint density at radius 2 is 2.09 bits per heavy atom. The fourth-order valence-corrected chi connectivity index (χ4v) is 2.35. The van der Waals surface area contributed by atoms with Gasteiger partial charge in [-0.05, 0) is 30.7 Å². The van der Waals surface area contributed by atoms with E-state index in [1.54, 1.807) is 7.05 Å². The largest absolute Gasteiger partial charge is 0.380 e. The summed E-state index contributed by atoms with van der Waals surface area (Å²) in [5.74, 6) is -0.428. The third kappa shape index (κ3) is 7.30. The maximum atomic E-state index is 12.0. The highest BCUT2D eigenvalue weighted by Gasteiger charge is 2.17. The van der Waals surface area contributed by atoms with Crippen molar-refractivity contribution in [2.24, 2.45) is 5.73 Å². The van der Waals surface area contributed by atoms with Gasteiger partial charge in [-0.25, -0.2) is 0 Å². The van der Waals surface area contributed by atoms with Crippen molar-refractivity contribution >= 4 is 45.8 Å². The maximum Gasteiger partial charge on any atom is 0.243 e. The number of nitrogens with two attached hydrogens (primary N) is 1. The summed E-state index contributed by atoms with van der Waals surface area (Å²) < 4.78 is 6.02. The number of likely N-dealkylation sites (N-methyl/N-ethyl adjacent to an activating group) is 1. The van der Waals surface area contributed by atoms with Gasteiger partial charge >= 0.3 is 0 Å². The second-order valence-corrected chi connectivity index (χ2v) is 5.97. The van der Waals surface area contributed by atoms with Crippen LogP contribution in [0.25, 0.3) is 0 Å². The lowest BCUT2D eigenvalue weighted by Gasteiger charge is -2.20. The summed E-state index contributed by atoms with van der Waals surface area (Å²) in [5, 5.41) is 2.79. The van der Waals surface area contributed by atoms with Crippen LogP contribution in [0.3, 0.4) is 0 Å². The molecule has 1 rings (SSSR count). The van der Waals surface area contributed by atoms with E-state index in [9.17, 15) is 9.59 Å². The number of anilines is 1. The van der Waals surface area contributed by atoms with Crippen molar-refractivity contribution < 1.29 is 14.3 Å². The fourth-order valence-electron chi connectivity index (χ4n) is 1.87. The van der Waals surface area contributed by atoms with Gasteiger partial charge in [-0.2, -0.15) is 0 Å². The molecule has 3 N–H and O–H groups in total. The quantitative estimate of drug-likeness (QED) is 0.722. The summed E-state index contributed by atoms with van der Waals surface area (Å²) in [5.41, 5.74) is 7.16. The summed E-state index contributed by atoms with van der Waals surface area (Å²) in [6.07, 6.45) is -0.166. The van der Waals surface area contributed by atoms with E-state index in [0.717, 1.165) is 15.7 Å². The van der Waals surface area contributed by atoms with Gasteiger partial charge in [0, 0.05) is 30.9 Å².